The van der Waals surface area contributed by atoms with Gasteiger partial charge in [0, 0.05) is 0 Å². The third-order valence-corrected chi connectivity index (χ3v) is 1.80. The molecule has 0 saturated heterocycles. The normalized spacial score (nSPS) is 11.2. The Morgan fingerprint density at radius 2 is 2.31 bits per heavy atom. The molecule has 0 amide bonds. The zero-order chi connectivity index (χ0) is 12.2. The van der Waals surface area contributed by atoms with Crippen LogP contribution >= 0.6 is 0 Å². The summed E-state index contributed by atoms with van der Waals surface area (Å²) in [5, 5.41) is 12.8. The van der Waals surface area contributed by atoms with Crippen LogP contribution in [0.1, 0.15) is 0 Å². The van der Waals surface area contributed by atoms with Crippen molar-refractivity contribution in [2.45, 2.75) is 5.92 Å². The predicted octanol–water partition coefficient (Wildman–Crippen LogP) is 0.996. The van der Waals surface area contributed by atoms with E-state index in [0.29, 0.717) is 0 Å². The van der Waals surface area contributed by atoms with Crippen molar-refractivity contribution in [3.63, 3.8) is 0 Å². The molecule has 16 heavy (non-hydrogen) atoms. The largest absolute Gasteiger partial charge is 0.386 e. The minimum absolute atomic E-state index is 0.0550. The molecule has 0 bridgehead atoms. The number of halogens is 2. The average molecular weight is 232 g/mol. The summed E-state index contributed by atoms with van der Waals surface area (Å²) in [4.78, 5) is 13.2. The lowest BCUT2D eigenvalue weighted by Crippen LogP contribution is -2.35. The van der Waals surface area contributed by atoms with Crippen molar-refractivity contribution in [2.75, 3.05) is 18.4 Å². The number of aromatic nitrogens is 1. The molecule has 0 fully saturated rings. The first-order chi connectivity index (χ1) is 7.46. The molecule has 0 aliphatic rings. The van der Waals surface area contributed by atoms with E-state index in [9.17, 15) is 18.9 Å². The average Bonchev–Trinajstić information content (AvgIpc) is 2.27. The Morgan fingerprint density at radius 3 is 2.88 bits per heavy atom. The van der Waals surface area contributed by atoms with Crippen LogP contribution in [0.25, 0.3) is 0 Å². The van der Waals surface area contributed by atoms with E-state index in [4.69, 9.17) is 5.73 Å². The summed E-state index contributed by atoms with van der Waals surface area (Å²) in [5.41, 5.74) is 4.77. The van der Waals surface area contributed by atoms with E-state index in [1.807, 2.05) is 0 Å². The third-order valence-electron chi connectivity index (χ3n) is 1.80. The topological polar surface area (TPSA) is 94.1 Å². The predicted molar refractivity (Wildman–Crippen MR) is 53.4 cm³/mol. The van der Waals surface area contributed by atoms with Crippen LogP contribution in [0.4, 0.5) is 20.3 Å². The monoisotopic (exact) mass is 232 g/mol. The second-order valence-corrected chi connectivity index (χ2v) is 3.05. The van der Waals surface area contributed by atoms with Crippen LogP contribution in [-0.4, -0.2) is 28.9 Å². The molecule has 0 aromatic carbocycles. The van der Waals surface area contributed by atoms with Crippen LogP contribution in [0.5, 0.6) is 0 Å². The standard InChI is InChI=1S/C8H10F2N4O2/c9-8(10,4-11)5-13-6-2-1-3-12-7(6)14(15)16/h1-3,13H,4-5,11H2. The molecule has 1 aromatic rings. The summed E-state index contributed by atoms with van der Waals surface area (Å²) in [6, 6.07) is 2.72. The zero-order valence-electron chi connectivity index (χ0n) is 8.19. The van der Waals surface area contributed by atoms with Crippen LogP contribution < -0.4 is 11.1 Å². The van der Waals surface area contributed by atoms with Crippen molar-refractivity contribution in [3.05, 3.63) is 28.4 Å². The molecule has 0 aliphatic carbocycles. The van der Waals surface area contributed by atoms with Crippen molar-refractivity contribution in [1.82, 2.24) is 4.98 Å². The summed E-state index contributed by atoms with van der Waals surface area (Å²) in [7, 11) is 0. The van der Waals surface area contributed by atoms with E-state index in [-0.39, 0.29) is 5.69 Å². The molecule has 3 N–H and O–H groups in total. The molecule has 0 radical (unpaired) electrons. The maximum Gasteiger partial charge on any atom is 0.386 e. The second-order valence-electron chi connectivity index (χ2n) is 3.05. The lowest BCUT2D eigenvalue weighted by Gasteiger charge is -2.14. The van der Waals surface area contributed by atoms with Gasteiger partial charge in [-0.2, -0.15) is 0 Å². The van der Waals surface area contributed by atoms with Gasteiger partial charge in [0.2, 0.25) is 0 Å². The lowest BCUT2D eigenvalue weighted by molar-refractivity contribution is -0.388. The Hall–Kier alpha value is -1.83. The SMILES string of the molecule is NCC(F)(F)CNc1cccnc1[N+](=O)[O-]. The van der Waals surface area contributed by atoms with Crippen LogP contribution in [0, 0.1) is 10.1 Å². The number of nitrogens with zero attached hydrogens (tertiary/aromatic N) is 2. The number of hydrogen-bond donors (Lipinski definition) is 2. The van der Waals surface area contributed by atoms with Gasteiger partial charge in [-0.1, -0.05) is 0 Å². The Labute approximate surface area is 89.6 Å². The number of nitrogens with one attached hydrogen (secondary N) is 1. The third kappa shape index (κ3) is 3.09. The minimum atomic E-state index is -3.11. The molecule has 1 heterocycles. The van der Waals surface area contributed by atoms with E-state index < -0.39 is 29.8 Å². The quantitative estimate of drug-likeness (QED) is 0.583. The summed E-state index contributed by atoms with van der Waals surface area (Å²) in [6.45, 7) is -1.59. The highest BCUT2D eigenvalue weighted by Gasteiger charge is 2.27. The Bertz CT molecular complexity index is 386. The molecule has 0 aliphatic heterocycles. The molecule has 6 nitrogen and oxygen atoms in total. The maximum absolute atomic E-state index is 12.8. The van der Waals surface area contributed by atoms with Crippen molar-refractivity contribution >= 4 is 11.5 Å². The number of anilines is 1. The van der Waals surface area contributed by atoms with Gasteiger partial charge in [0.1, 0.15) is 11.9 Å². The van der Waals surface area contributed by atoms with Crippen LogP contribution in [-0.2, 0) is 0 Å². The smallest absolute Gasteiger partial charge is 0.372 e. The van der Waals surface area contributed by atoms with E-state index in [1.54, 1.807) is 0 Å². The van der Waals surface area contributed by atoms with Gasteiger partial charge in [0.05, 0.1) is 13.1 Å². The van der Waals surface area contributed by atoms with Gasteiger partial charge >= 0.3 is 5.82 Å². The van der Waals surface area contributed by atoms with Gasteiger partial charge in [-0.25, -0.2) is 8.78 Å². The lowest BCUT2D eigenvalue weighted by atomic mass is 10.3. The van der Waals surface area contributed by atoms with Crippen molar-refractivity contribution in [1.29, 1.82) is 0 Å². The number of nitro groups is 1. The van der Waals surface area contributed by atoms with E-state index >= 15 is 0 Å². The van der Waals surface area contributed by atoms with E-state index in [2.05, 4.69) is 10.3 Å². The Morgan fingerprint density at radius 1 is 1.62 bits per heavy atom. The van der Waals surface area contributed by atoms with Crippen molar-refractivity contribution in [2.24, 2.45) is 5.73 Å². The Balaban J connectivity index is 2.78. The van der Waals surface area contributed by atoms with Gasteiger partial charge in [-0.3, -0.25) is 0 Å². The second kappa shape index (κ2) is 4.79. The molecular weight excluding hydrogens is 222 g/mol. The first-order valence-corrected chi connectivity index (χ1v) is 4.37. The highest BCUT2D eigenvalue weighted by Crippen LogP contribution is 2.21. The van der Waals surface area contributed by atoms with E-state index in [0.717, 1.165) is 0 Å². The number of alkyl halides is 2. The molecular formula is C8H10F2N4O2. The fourth-order valence-corrected chi connectivity index (χ4v) is 0.977. The highest BCUT2D eigenvalue weighted by molar-refractivity contribution is 5.56. The fourth-order valence-electron chi connectivity index (χ4n) is 0.977. The molecule has 8 heteroatoms. The highest BCUT2D eigenvalue weighted by atomic mass is 19.3. The van der Waals surface area contributed by atoms with Crippen LogP contribution in [0.15, 0.2) is 18.3 Å². The summed E-state index contributed by atoms with van der Waals surface area (Å²) in [5.74, 6) is -3.60. The summed E-state index contributed by atoms with van der Waals surface area (Å²) in [6.07, 6.45) is 1.21. The minimum Gasteiger partial charge on any atom is -0.372 e. The van der Waals surface area contributed by atoms with Gasteiger partial charge < -0.3 is 21.2 Å². The first-order valence-electron chi connectivity index (χ1n) is 4.37. The molecule has 0 spiro atoms. The summed E-state index contributed by atoms with van der Waals surface area (Å²) < 4.78 is 25.6. The summed E-state index contributed by atoms with van der Waals surface area (Å²) >= 11 is 0. The van der Waals surface area contributed by atoms with Gasteiger partial charge in [-0.05, 0) is 22.0 Å². The van der Waals surface area contributed by atoms with Crippen molar-refractivity contribution < 1.29 is 13.7 Å². The van der Waals surface area contributed by atoms with Gasteiger partial charge in [0.15, 0.2) is 0 Å². The molecule has 1 rings (SSSR count). The molecule has 0 unspecified atom stereocenters. The van der Waals surface area contributed by atoms with Crippen molar-refractivity contribution in [3.8, 4) is 0 Å². The zero-order valence-corrected chi connectivity index (χ0v) is 8.19. The first kappa shape index (κ1) is 12.2. The number of nitrogens with two attached hydrogens (primary N) is 1. The molecule has 88 valence electrons. The van der Waals surface area contributed by atoms with Gasteiger partial charge in [0.25, 0.3) is 5.92 Å². The molecule has 0 atom stereocenters. The Kier molecular flexibility index (Phi) is 3.67. The fraction of sp³-hybridized carbons (Fsp3) is 0.375. The number of hydrogen-bond acceptors (Lipinski definition) is 5. The number of rotatable bonds is 5. The maximum atomic E-state index is 12.8. The van der Waals surface area contributed by atoms with Crippen LogP contribution in [0.3, 0.4) is 0 Å². The number of pyridine rings is 1. The van der Waals surface area contributed by atoms with Crippen LogP contribution in [0.2, 0.25) is 0 Å². The van der Waals surface area contributed by atoms with E-state index in [1.165, 1.54) is 18.3 Å². The molecule has 1 aromatic heterocycles. The molecule has 0 saturated carbocycles. The van der Waals surface area contributed by atoms with Gasteiger partial charge in [-0.15, -0.1) is 0 Å².